The Bertz CT molecular complexity index is 919. The van der Waals surface area contributed by atoms with E-state index in [0.717, 1.165) is 17.0 Å². The largest absolute Gasteiger partial charge is 0.497 e. The predicted octanol–water partition coefficient (Wildman–Crippen LogP) is 3.78. The van der Waals surface area contributed by atoms with E-state index in [1.165, 1.54) is 0 Å². The van der Waals surface area contributed by atoms with Gasteiger partial charge >= 0.3 is 0 Å². The lowest BCUT2D eigenvalue weighted by Crippen LogP contribution is -2.30. The molecule has 0 radical (unpaired) electrons. The molecule has 1 heterocycles. The number of carbonyl (C=O) groups is 1. The molecule has 0 spiro atoms. The van der Waals surface area contributed by atoms with E-state index in [0.29, 0.717) is 30.1 Å². The van der Waals surface area contributed by atoms with E-state index < -0.39 is 0 Å². The fraction of sp³-hybridized carbons (Fsp3) is 0.227. The highest BCUT2D eigenvalue weighted by Crippen LogP contribution is 2.25. The summed E-state index contributed by atoms with van der Waals surface area (Å²) in [6.45, 7) is 0.768. The van der Waals surface area contributed by atoms with Gasteiger partial charge in [0.05, 0.1) is 19.9 Å². The van der Waals surface area contributed by atoms with Crippen molar-refractivity contribution in [2.45, 2.75) is 13.1 Å². The number of carbonyl (C=O) groups excluding carboxylic acids is 1. The number of amides is 1. The first-order valence-corrected chi connectivity index (χ1v) is 8.99. The maximum Gasteiger partial charge on any atom is 0.254 e. The first-order chi connectivity index (χ1) is 13.5. The Hall–Kier alpha value is -3.41. The minimum absolute atomic E-state index is 0.0915. The van der Waals surface area contributed by atoms with Crippen molar-refractivity contribution in [3.63, 3.8) is 0 Å². The van der Waals surface area contributed by atoms with Crippen LogP contribution in [0.1, 0.15) is 21.7 Å². The summed E-state index contributed by atoms with van der Waals surface area (Å²) in [6.07, 6.45) is 1.61. The number of hydrogen-bond donors (Lipinski definition) is 1. The van der Waals surface area contributed by atoms with Gasteiger partial charge in [0.1, 0.15) is 11.5 Å². The van der Waals surface area contributed by atoms with E-state index in [2.05, 4.69) is 0 Å². The fourth-order valence-electron chi connectivity index (χ4n) is 3.08. The van der Waals surface area contributed by atoms with E-state index >= 15 is 0 Å². The van der Waals surface area contributed by atoms with Crippen LogP contribution < -0.4 is 15.4 Å². The Labute approximate surface area is 165 Å². The van der Waals surface area contributed by atoms with E-state index in [9.17, 15) is 4.79 Å². The SMILES string of the molecule is COc1ccc(C(=O)N(Cc2ccco2)Cc2cc(N)ccc2N(C)C)cc1. The molecule has 28 heavy (non-hydrogen) atoms. The third-order valence-electron chi connectivity index (χ3n) is 4.50. The number of hydrogen-bond acceptors (Lipinski definition) is 5. The number of anilines is 2. The van der Waals surface area contributed by atoms with Crippen LogP contribution in [-0.2, 0) is 13.1 Å². The molecule has 3 rings (SSSR count). The molecule has 0 aliphatic rings. The molecule has 0 saturated heterocycles. The van der Waals surface area contributed by atoms with Crippen LogP contribution in [0.2, 0.25) is 0 Å². The van der Waals surface area contributed by atoms with Crippen LogP contribution in [0.15, 0.2) is 65.3 Å². The maximum absolute atomic E-state index is 13.2. The van der Waals surface area contributed by atoms with Gasteiger partial charge in [0.15, 0.2) is 0 Å². The Kier molecular flexibility index (Phi) is 5.89. The van der Waals surface area contributed by atoms with E-state index in [4.69, 9.17) is 14.9 Å². The zero-order valence-corrected chi connectivity index (χ0v) is 16.4. The fourth-order valence-corrected chi connectivity index (χ4v) is 3.08. The van der Waals surface area contributed by atoms with Gasteiger partial charge in [-0.2, -0.15) is 0 Å². The second kappa shape index (κ2) is 8.52. The van der Waals surface area contributed by atoms with Crippen molar-refractivity contribution in [3.8, 4) is 5.75 Å². The predicted molar refractivity (Wildman–Crippen MR) is 110 cm³/mol. The summed E-state index contributed by atoms with van der Waals surface area (Å²) < 4.78 is 10.7. The second-order valence-electron chi connectivity index (χ2n) is 6.75. The minimum atomic E-state index is -0.0915. The quantitative estimate of drug-likeness (QED) is 0.633. The summed E-state index contributed by atoms with van der Waals surface area (Å²) >= 11 is 0. The first-order valence-electron chi connectivity index (χ1n) is 8.99. The van der Waals surface area contributed by atoms with Gasteiger partial charge in [-0.3, -0.25) is 4.79 Å². The number of rotatable bonds is 7. The monoisotopic (exact) mass is 379 g/mol. The third kappa shape index (κ3) is 4.46. The van der Waals surface area contributed by atoms with Crippen molar-refractivity contribution >= 4 is 17.3 Å². The van der Waals surface area contributed by atoms with Crippen molar-refractivity contribution in [1.29, 1.82) is 0 Å². The van der Waals surface area contributed by atoms with Gasteiger partial charge in [0.25, 0.3) is 5.91 Å². The van der Waals surface area contributed by atoms with Crippen LogP contribution in [0, 0.1) is 0 Å². The molecule has 2 N–H and O–H groups in total. The number of nitrogens with two attached hydrogens (primary N) is 1. The lowest BCUT2D eigenvalue weighted by Gasteiger charge is -2.25. The van der Waals surface area contributed by atoms with E-state index in [1.54, 1.807) is 42.5 Å². The number of furan rings is 1. The van der Waals surface area contributed by atoms with Crippen molar-refractivity contribution < 1.29 is 13.9 Å². The third-order valence-corrected chi connectivity index (χ3v) is 4.50. The molecule has 3 aromatic rings. The molecule has 0 atom stereocenters. The van der Waals surface area contributed by atoms with Crippen molar-refractivity contribution in [1.82, 2.24) is 4.90 Å². The zero-order valence-electron chi connectivity index (χ0n) is 16.4. The topological polar surface area (TPSA) is 71.9 Å². The molecule has 6 nitrogen and oxygen atoms in total. The van der Waals surface area contributed by atoms with E-state index in [-0.39, 0.29) is 5.91 Å². The molecule has 0 fully saturated rings. The summed E-state index contributed by atoms with van der Waals surface area (Å²) in [5.41, 5.74) is 9.24. The Morgan fingerprint density at radius 2 is 1.82 bits per heavy atom. The Balaban J connectivity index is 1.93. The summed E-state index contributed by atoms with van der Waals surface area (Å²) in [5.74, 6) is 1.34. The molecule has 146 valence electrons. The van der Waals surface area contributed by atoms with Gasteiger partial charge in [-0.05, 0) is 60.2 Å². The molecule has 0 unspecified atom stereocenters. The van der Waals surface area contributed by atoms with Crippen molar-refractivity contribution in [2.75, 3.05) is 31.8 Å². The van der Waals surface area contributed by atoms with Crippen molar-refractivity contribution in [2.24, 2.45) is 0 Å². The number of benzene rings is 2. The van der Waals surface area contributed by atoms with Crippen LogP contribution in [-0.4, -0.2) is 32.0 Å². The smallest absolute Gasteiger partial charge is 0.254 e. The molecule has 0 aliphatic carbocycles. The average Bonchev–Trinajstić information content (AvgIpc) is 3.20. The standard InChI is InChI=1S/C22H25N3O3/c1-24(2)21-11-8-18(23)13-17(21)14-25(15-20-5-4-12-28-20)22(26)16-6-9-19(27-3)10-7-16/h4-13H,14-15,23H2,1-3H3. The average molecular weight is 379 g/mol. The van der Waals surface area contributed by atoms with Crippen LogP contribution in [0.3, 0.4) is 0 Å². The lowest BCUT2D eigenvalue weighted by atomic mass is 10.1. The second-order valence-corrected chi connectivity index (χ2v) is 6.75. The number of ether oxygens (including phenoxy) is 1. The summed E-state index contributed by atoms with van der Waals surface area (Å²) in [4.78, 5) is 17.0. The van der Waals surface area contributed by atoms with E-state index in [1.807, 2.05) is 49.3 Å². The Morgan fingerprint density at radius 3 is 2.43 bits per heavy atom. The van der Waals surface area contributed by atoms with Gasteiger partial charge in [-0.15, -0.1) is 0 Å². The molecular formula is C22H25N3O3. The summed E-state index contributed by atoms with van der Waals surface area (Å²) in [5, 5.41) is 0. The zero-order chi connectivity index (χ0) is 20.1. The maximum atomic E-state index is 13.2. The summed E-state index contributed by atoms with van der Waals surface area (Å²) in [6, 6.07) is 16.5. The van der Waals surface area contributed by atoms with Gasteiger partial charge in [-0.25, -0.2) is 0 Å². The van der Waals surface area contributed by atoms with Crippen LogP contribution in [0.5, 0.6) is 5.75 Å². The van der Waals surface area contributed by atoms with Gasteiger partial charge < -0.3 is 24.7 Å². The number of methoxy groups -OCH3 is 1. The molecule has 0 saturated carbocycles. The number of nitrogen functional groups attached to an aromatic ring is 1. The highest BCUT2D eigenvalue weighted by molar-refractivity contribution is 5.94. The molecule has 0 aliphatic heterocycles. The van der Waals surface area contributed by atoms with Crippen LogP contribution >= 0.6 is 0 Å². The molecule has 2 aromatic carbocycles. The molecule has 1 aromatic heterocycles. The lowest BCUT2D eigenvalue weighted by molar-refractivity contribution is 0.0718. The highest BCUT2D eigenvalue weighted by Gasteiger charge is 2.20. The van der Waals surface area contributed by atoms with Gasteiger partial charge in [-0.1, -0.05) is 0 Å². The van der Waals surface area contributed by atoms with Gasteiger partial charge in [0.2, 0.25) is 0 Å². The highest BCUT2D eigenvalue weighted by atomic mass is 16.5. The van der Waals surface area contributed by atoms with Crippen molar-refractivity contribution in [3.05, 3.63) is 77.7 Å². The Morgan fingerprint density at radius 1 is 1.07 bits per heavy atom. The normalized spacial score (nSPS) is 10.5. The molecular weight excluding hydrogens is 354 g/mol. The molecule has 0 bridgehead atoms. The van der Waals surface area contributed by atoms with Gasteiger partial charge in [0, 0.05) is 37.6 Å². The molecule has 1 amide bonds. The summed E-state index contributed by atoms with van der Waals surface area (Å²) in [7, 11) is 5.54. The minimum Gasteiger partial charge on any atom is -0.497 e. The first kappa shape index (κ1) is 19.4. The number of nitrogens with zero attached hydrogens (tertiary/aromatic N) is 2. The molecule has 6 heteroatoms. The van der Waals surface area contributed by atoms with Crippen LogP contribution in [0.4, 0.5) is 11.4 Å². The van der Waals surface area contributed by atoms with Crippen LogP contribution in [0.25, 0.3) is 0 Å².